The lowest BCUT2D eigenvalue weighted by molar-refractivity contribution is -0.160. The van der Waals surface area contributed by atoms with Crippen molar-refractivity contribution >= 4 is 19.8 Å². The molecule has 0 bridgehead atoms. The van der Waals surface area contributed by atoms with Gasteiger partial charge in [-0.1, -0.05) is 148 Å². The molecule has 0 radical (unpaired) electrons. The summed E-state index contributed by atoms with van der Waals surface area (Å²) in [7, 11) is -4.70. The molecule has 0 amide bonds. The lowest BCUT2D eigenvalue weighted by Gasteiger charge is -2.18. The van der Waals surface area contributed by atoms with Crippen LogP contribution in [0, 0.1) is 0 Å². The fourth-order valence-corrected chi connectivity index (χ4v) is 5.17. The Morgan fingerprint density at radius 3 is 1.27 bits per heavy atom. The minimum absolute atomic E-state index is 0.214. The zero-order valence-electron chi connectivity index (χ0n) is 25.8. The number of carbonyl (C=O) groups excluding carboxylic acids is 2. The SMILES string of the molecule is CCCCCCCCCCCCCCCCCCCCCCCCCC(=O)OC(COC(C)=O)COP(=O)(O)O. The maximum atomic E-state index is 12.0. The fraction of sp³-hybridized carbons (Fsp3) is 0.935. The number of phosphoric ester groups is 1. The molecule has 0 rings (SSSR count). The first-order chi connectivity index (χ1) is 19.2. The van der Waals surface area contributed by atoms with Gasteiger partial charge in [-0.05, 0) is 6.42 Å². The zero-order chi connectivity index (χ0) is 29.7. The molecule has 2 N–H and O–H groups in total. The number of hydrogen-bond acceptors (Lipinski definition) is 6. The highest BCUT2D eigenvalue weighted by Crippen LogP contribution is 2.35. The summed E-state index contributed by atoms with van der Waals surface area (Å²) in [6.45, 7) is 2.63. The zero-order valence-corrected chi connectivity index (χ0v) is 26.6. The maximum absolute atomic E-state index is 12.0. The number of rotatable bonds is 30. The Morgan fingerprint density at radius 1 is 0.600 bits per heavy atom. The van der Waals surface area contributed by atoms with Crippen LogP contribution in [-0.4, -0.2) is 41.0 Å². The maximum Gasteiger partial charge on any atom is 0.469 e. The quantitative estimate of drug-likeness (QED) is 0.0482. The van der Waals surface area contributed by atoms with E-state index < -0.39 is 32.5 Å². The standard InChI is InChI=1S/C31H61O8P/c1-3-4-5-6-7-8-9-10-11-12-13-14-15-16-17-18-19-20-21-22-23-24-25-26-31(33)39-30(27-37-29(2)32)28-38-40(34,35)36/h30H,3-28H2,1-2H3,(H2,34,35,36). The van der Waals surface area contributed by atoms with E-state index in [4.69, 9.17) is 19.3 Å². The van der Waals surface area contributed by atoms with Crippen LogP contribution in [0.15, 0.2) is 0 Å². The van der Waals surface area contributed by atoms with Gasteiger partial charge in [-0.3, -0.25) is 14.1 Å². The summed E-state index contributed by atoms with van der Waals surface area (Å²) in [6.07, 6.45) is 29.3. The molecule has 0 aromatic carbocycles. The summed E-state index contributed by atoms with van der Waals surface area (Å²) >= 11 is 0. The molecule has 9 heteroatoms. The van der Waals surface area contributed by atoms with Crippen molar-refractivity contribution in [3.8, 4) is 0 Å². The van der Waals surface area contributed by atoms with Gasteiger partial charge >= 0.3 is 19.8 Å². The molecule has 0 aliphatic carbocycles. The summed E-state index contributed by atoms with van der Waals surface area (Å²) < 4.78 is 25.2. The number of ether oxygens (including phenoxy) is 2. The molecule has 1 atom stereocenters. The highest BCUT2D eigenvalue weighted by atomic mass is 31.2. The highest BCUT2D eigenvalue weighted by molar-refractivity contribution is 7.46. The summed E-state index contributed by atoms with van der Waals surface area (Å²) in [5.74, 6) is -1.07. The number of carbonyl (C=O) groups is 2. The average molecular weight is 593 g/mol. The van der Waals surface area contributed by atoms with Gasteiger partial charge in [-0.15, -0.1) is 0 Å². The molecule has 40 heavy (non-hydrogen) atoms. The third kappa shape index (κ3) is 31.6. The van der Waals surface area contributed by atoms with Gasteiger partial charge < -0.3 is 19.3 Å². The van der Waals surface area contributed by atoms with Gasteiger partial charge in [0, 0.05) is 13.3 Å². The van der Waals surface area contributed by atoms with Crippen LogP contribution < -0.4 is 0 Å². The Morgan fingerprint density at radius 2 is 0.950 bits per heavy atom. The van der Waals surface area contributed by atoms with E-state index >= 15 is 0 Å². The molecule has 1 unspecified atom stereocenters. The first kappa shape index (κ1) is 39.0. The van der Waals surface area contributed by atoms with E-state index in [0.29, 0.717) is 6.42 Å². The topological polar surface area (TPSA) is 119 Å². The molecule has 0 aliphatic heterocycles. The lowest BCUT2D eigenvalue weighted by Crippen LogP contribution is -2.29. The number of unbranched alkanes of at least 4 members (excludes halogenated alkanes) is 22. The van der Waals surface area contributed by atoms with Crippen LogP contribution in [0.3, 0.4) is 0 Å². The average Bonchev–Trinajstić information content (AvgIpc) is 2.90. The summed E-state index contributed by atoms with van der Waals surface area (Å²) in [5.41, 5.74) is 0. The second kappa shape index (κ2) is 28.2. The van der Waals surface area contributed by atoms with E-state index in [9.17, 15) is 14.2 Å². The molecule has 238 valence electrons. The van der Waals surface area contributed by atoms with Crippen LogP contribution in [0.5, 0.6) is 0 Å². The van der Waals surface area contributed by atoms with Crippen molar-refractivity contribution in [1.82, 2.24) is 0 Å². The number of esters is 2. The third-order valence-electron chi connectivity index (χ3n) is 7.18. The first-order valence-corrected chi connectivity index (χ1v) is 17.8. The van der Waals surface area contributed by atoms with Gasteiger partial charge in [0.2, 0.25) is 0 Å². The van der Waals surface area contributed by atoms with Crippen LogP contribution in [0.25, 0.3) is 0 Å². The van der Waals surface area contributed by atoms with Gasteiger partial charge in [-0.2, -0.15) is 0 Å². The molecule has 0 fully saturated rings. The van der Waals surface area contributed by atoms with E-state index in [0.717, 1.165) is 12.8 Å². The first-order valence-electron chi connectivity index (χ1n) is 16.3. The highest BCUT2D eigenvalue weighted by Gasteiger charge is 2.22. The number of phosphoric acid groups is 1. The van der Waals surface area contributed by atoms with Crippen LogP contribution in [0.2, 0.25) is 0 Å². The van der Waals surface area contributed by atoms with Crippen molar-refractivity contribution < 1.29 is 37.9 Å². The molecule has 0 aromatic rings. The van der Waals surface area contributed by atoms with Crippen molar-refractivity contribution in [1.29, 1.82) is 0 Å². The molecular weight excluding hydrogens is 531 g/mol. The van der Waals surface area contributed by atoms with Gasteiger partial charge in [0.1, 0.15) is 6.61 Å². The summed E-state index contributed by atoms with van der Waals surface area (Å²) in [4.78, 5) is 40.6. The Balaban J connectivity index is 3.46. The van der Waals surface area contributed by atoms with Gasteiger partial charge in [0.15, 0.2) is 6.10 Å². The van der Waals surface area contributed by atoms with Crippen molar-refractivity contribution in [3.63, 3.8) is 0 Å². The molecule has 0 aromatic heterocycles. The molecular formula is C31H61O8P. The minimum Gasteiger partial charge on any atom is -0.462 e. The van der Waals surface area contributed by atoms with E-state index in [-0.39, 0.29) is 13.0 Å². The minimum atomic E-state index is -4.70. The molecule has 0 saturated heterocycles. The van der Waals surface area contributed by atoms with Crippen molar-refractivity contribution in [3.05, 3.63) is 0 Å². The van der Waals surface area contributed by atoms with E-state index in [1.54, 1.807) is 0 Å². The number of hydrogen-bond donors (Lipinski definition) is 2. The predicted octanol–water partition coefficient (Wildman–Crippen LogP) is 8.95. The van der Waals surface area contributed by atoms with Crippen LogP contribution >= 0.6 is 7.82 Å². The van der Waals surface area contributed by atoms with Crippen LogP contribution in [0.1, 0.15) is 168 Å². The smallest absolute Gasteiger partial charge is 0.462 e. The van der Waals surface area contributed by atoms with Crippen LogP contribution in [0.4, 0.5) is 0 Å². The lowest BCUT2D eigenvalue weighted by atomic mass is 10.0. The van der Waals surface area contributed by atoms with Crippen molar-refractivity contribution in [2.24, 2.45) is 0 Å². The van der Waals surface area contributed by atoms with Gasteiger partial charge in [0.05, 0.1) is 6.61 Å². The largest absolute Gasteiger partial charge is 0.469 e. The van der Waals surface area contributed by atoms with E-state index in [1.165, 1.54) is 135 Å². The second-order valence-corrected chi connectivity index (χ2v) is 12.5. The molecule has 0 spiro atoms. The molecule has 8 nitrogen and oxygen atoms in total. The molecule has 0 aliphatic rings. The molecule has 0 saturated carbocycles. The van der Waals surface area contributed by atoms with Crippen molar-refractivity contribution in [2.75, 3.05) is 13.2 Å². The normalized spacial score (nSPS) is 12.4. The van der Waals surface area contributed by atoms with Gasteiger partial charge in [-0.25, -0.2) is 4.57 Å². The monoisotopic (exact) mass is 592 g/mol. The van der Waals surface area contributed by atoms with Crippen LogP contribution in [-0.2, 0) is 28.2 Å². The van der Waals surface area contributed by atoms with Gasteiger partial charge in [0.25, 0.3) is 0 Å². The third-order valence-corrected chi connectivity index (χ3v) is 7.67. The Bertz CT molecular complexity index is 637. The molecule has 0 heterocycles. The van der Waals surface area contributed by atoms with E-state index in [1.807, 2.05) is 0 Å². The van der Waals surface area contributed by atoms with E-state index in [2.05, 4.69) is 11.4 Å². The Hall–Kier alpha value is -0.950. The fourth-order valence-electron chi connectivity index (χ4n) is 4.81. The summed E-state index contributed by atoms with van der Waals surface area (Å²) in [5, 5.41) is 0. The van der Waals surface area contributed by atoms with Crippen molar-refractivity contribution in [2.45, 2.75) is 174 Å². The predicted molar refractivity (Wildman–Crippen MR) is 161 cm³/mol. The summed E-state index contributed by atoms with van der Waals surface area (Å²) in [6, 6.07) is 0. The second-order valence-electron chi connectivity index (χ2n) is 11.2. The Kier molecular flexibility index (Phi) is 27.5. The Labute approximate surface area is 244 Å².